The van der Waals surface area contributed by atoms with Gasteiger partial charge in [-0.2, -0.15) is 13.2 Å². The summed E-state index contributed by atoms with van der Waals surface area (Å²) in [5.41, 5.74) is 1.48. The minimum absolute atomic E-state index is 0.301. The molecule has 1 fully saturated rings. The van der Waals surface area contributed by atoms with Crippen LogP contribution in [0.4, 0.5) is 18.9 Å². The number of alkyl halides is 3. The predicted octanol–water partition coefficient (Wildman–Crippen LogP) is 5.00. The summed E-state index contributed by atoms with van der Waals surface area (Å²) >= 11 is 5.50. The summed E-state index contributed by atoms with van der Waals surface area (Å²) in [4.78, 5) is 1.94. The van der Waals surface area contributed by atoms with Gasteiger partial charge in [-0.3, -0.25) is 0 Å². The third-order valence-electron chi connectivity index (χ3n) is 5.45. The highest BCUT2D eigenvalue weighted by Crippen LogP contribution is 2.37. The number of likely N-dealkylation sites (tertiary alicyclic amines) is 1. The molecular formula is C21H23F3N2OS. The molecule has 0 atom stereocenters. The zero-order valence-electron chi connectivity index (χ0n) is 15.8. The van der Waals surface area contributed by atoms with Gasteiger partial charge in [-0.1, -0.05) is 24.3 Å². The Morgan fingerprint density at radius 3 is 2.39 bits per heavy atom. The van der Waals surface area contributed by atoms with Gasteiger partial charge in [0.05, 0.1) is 11.2 Å². The molecule has 1 heterocycles. The van der Waals surface area contributed by atoms with Crippen molar-refractivity contribution in [3.8, 4) is 0 Å². The number of thiocarbonyl (C=S) groups is 1. The van der Waals surface area contributed by atoms with E-state index in [1.165, 1.54) is 6.07 Å². The zero-order chi connectivity index (χ0) is 20.5. The first-order valence-corrected chi connectivity index (χ1v) is 9.53. The Morgan fingerprint density at radius 2 is 1.75 bits per heavy atom. The van der Waals surface area contributed by atoms with Crippen molar-refractivity contribution in [2.45, 2.75) is 38.5 Å². The van der Waals surface area contributed by atoms with Crippen LogP contribution < -0.4 is 5.32 Å². The molecule has 2 N–H and O–H groups in total. The monoisotopic (exact) mass is 408 g/mol. The molecule has 0 aromatic heterocycles. The SMILES string of the molecule is Cc1cccc(NC(=S)N2CCC(O)(c3cccc(C(F)(F)F)c3)CC2)c1C. The molecule has 0 aliphatic carbocycles. The Labute approximate surface area is 168 Å². The Hall–Kier alpha value is -2.12. The van der Waals surface area contributed by atoms with Crippen molar-refractivity contribution in [1.29, 1.82) is 0 Å². The number of nitrogens with one attached hydrogen (secondary N) is 1. The van der Waals surface area contributed by atoms with E-state index in [2.05, 4.69) is 5.32 Å². The predicted molar refractivity (Wildman–Crippen MR) is 108 cm³/mol. The quantitative estimate of drug-likeness (QED) is 0.686. The molecule has 1 aliphatic rings. The molecule has 2 aromatic rings. The lowest BCUT2D eigenvalue weighted by Crippen LogP contribution is -2.46. The first-order valence-electron chi connectivity index (χ1n) is 9.12. The lowest BCUT2D eigenvalue weighted by atomic mass is 9.84. The first-order chi connectivity index (χ1) is 13.1. The number of halogens is 3. The number of hydrogen-bond acceptors (Lipinski definition) is 2. The summed E-state index contributed by atoms with van der Waals surface area (Å²) in [5, 5.41) is 14.7. The summed E-state index contributed by atoms with van der Waals surface area (Å²) in [5.74, 6) is 0. The molecule has 7 heteroatoms. The van der Waals surface area contributed by atoms with E-state index in [-0.39, 0.29) is 0 Å². The van der Waals surface area contributed by atoms with Crippen LogP contribution in [0, 0.1) is 13.8 Å². The standard InChI is InChI=1S/C21H23F3N2OS/c1-14-5-3-8-18(15(14)2)25-19(28)26-11-9-20(27,10-12-26)16-6-4-7-17(13-16)21(22,23)24/h3-8,13,27H,9-12H2,1-2H3,(H,25,28). The normalized spacial score (nSPS) is 16.7. The number of rotatable bonds is 2. The van der Waals surface area contributed by atoms with E-state index in [1.54, 1.807) is 6.07 Å². The number of aliphatic hydroxyl groups is 1. The van der Waals surface area contributed by atoms with Gasteiger partial charge in [-0.25, -0.2) is 0 Å². The molecular weight excluding hydrogens is 385 g/mol. The molecule has 0 spiro atoms. The van der Waals surface area contributed by atoms with Gasteiger partial charge in [0, 0.05) is 18.8 Å². The van der Waals surface area contributed by atoms with E-state index in [4.69, 9.17) is 12.2 Å². The van der Waals surface area contributed by atoms with Gasteiger partial charge < -0.3 is 15.3 Å². The second-order valence-electron chi connectivity index (χ2n) is 7.27. The Balaban J connectivity index is 1.68. The highest BCUT2D eigenvalue weighted by atomic mass is 32.1. The lowest BCUT2D eigenvalue weighted by molar-refractivity contribution is -0.137. The van der Waals surface area contributed by atoms with Gasteiger partial charge >= 0.3 is 6.18 Å². The molecule has 1 saturated heterocycles. The van der Waals surface area contributed by atoms with E-state index in [0.717, 1.165) is 28.9 Å². The molecule has 150 valence electrons. The molecule has 0 unspecified atom stereocenters. The average Bonchev–Trinajstić information content (AvgIpc) is 2.65. The van der Waals surface area contributed by atoms with Crippen molar-refractivity contribution >= 4 is 23.0 Å². The lowest BCUT2D eigenvalue weighted by Gasteiger charge is -2.40. The molecule has 0 amide bonds. The fourth-order valence-corrected chi connectivity index (χ4v) is 3.73. The van der Waals surface area contributed by atoms with E-state index >= 15 is 0 Å². The third kappa shape index (κ3) is 4.31. The van der Waals surface area contributed by atoms with Crippen LogP contribution >= 0.6 is 12.2 Å². The fourth-order valence-electron chi connectivity index (χ4n) is 3.43. The molecule has 1 aliphatic heterocycles. The van der Waals surface area contributed by atoms with Crippen LogP contribution in [-0.4, -0.2) is 28.2 Å². The van der Waals surface area contributed by atoms with Gasteiger partial charge in [0.1, 0.15) is 0 Å². The maximum atomic E-state index is 13.0. The molecule has 0 saturated carbocycles. The maximum Gasteiger partial charge on any atom is 0.416 e. The average molecular weight is 408 g/mol. The van der Waals surface area contributed by atoms with Gasteiger partial charge in [0.2, 0.25) is 0 Å². The number of hydrogen-bond donors (Lipinski definition) is 2. The first kappa shape index (κ1) is 20.6. The van der Waals surface area contributed by atoms with Crippen molar-refractivity contribution in [3.05, 3.63) is 64.7 Å². The largest absolute Gasteiger partial charge is 0.416 e. The van der Waals surface area contributed by atoms with Crippen molar-refractivity contribution in [2.24, 2.45) is 0 Å². The van der Waals surface area contributed by atoms with E-state index in [1.807, 2.05) is 36.9 Å². The van der Waals surface area contributed by atoms with E-state index in [0.29, 0.717) is 36.6 Å². The minimum atomic E-state index is -4.43. The van der Waals surface area contributed by atoms with E-state index < -0.39 is 17.3 Å². The van der Waals surface area contributed by atoms with Gasteiger partial charge in [0.25, 0.3) is 0 Å². The number of piperidine rings is 1. The van der Waals surface area contributed by atoms with Crippen LogP contribution in [0.1, 0.15) is 35.1 Å². The van der Waals surface area contributed by atoms with Crippen molar-refractivity contribution in [2.75, 3.05) is 18.4 Å². The summed E-state index contributed by atoms with van der Waals surface area (Å²) < 4.78 is 38.9. The molecule has 3 nitrogen and oxygen atoms in total. The fraction of sp³-hybridized carbons (Fsp3) is 0.381. The summed E-state index contributed by atoms with van der Waals surface area (Å²) in [6.07, 6.45) is -3.81. The van der Waals surface area contributed by atoms with Crippen molar-refractivity contribution in [3.63, 3.8) is 0 Å². The Bertz CT molecular complexity index is 874. The summed E-state index contributed by atoms with van der Waals surface area (Å²) in [7, 11) is 0. The molecule has 0 bridgehead atoms. The number of anilines is 1. The van der Waals surface area contributed by atoms with Crippen molar-refractivity contribution in [1.82, 2.24) is 4.90 Å². The van der Waals surface area contributed by atoms with Gasteiger partial charge in [-0.15, -0.1) is 0 Å². The Kier molecular flexibility index (Phi) is 5.68. The third-order valence-corrected chi connectivity index (χ3v) is 5.81. The smallest absolute Gasteiger partial charge is 0.385 e. The highest BCUT2D eigenvalue weighted by molar-refractivity contribution is 7.80. The summed E-state index contributed by atoms with van der Waals surface area (Å²) in [6.45, 7) is 4.97. The highest BCUT2D eigenvalue weighted by Gasteiger charge is 2.37. The molecule has 0 radical (unpaired) electrons. The van der Waals surface area contributed by atoms with Crippen LogP contribution in [0.25, 0.3) is 0 Å². The van der Waals surface area contributed by atoms with Crippen LogP contribution in [0.2, 0.25) is 0 Å². The zero-order valence-corrected chi connectivity index (χ0v) is 16.6. The van der Waals surface area contributed by atoms with Crippen LogP contribution in [-0.2, 0) is 11.8 Å². The second-order valence-corrected chi connectivity index (χ2v) is 7.66. The summed E-state index contributed by atoms with van der Waals surface area (Å²) in [6, 6.07) is 10.9. The molecule has 2 aromatic carbocycles. The van der Waals surface area contributed by atoms with E-state index in [9.17, 15) is 18.3 Å². The Morgan fingerprint density at radius 1 is 1.11 bits per heavy atom. The van der Waals surface area contributed by atoms with Crippen LogP contribution in [0.3, 0.4) is 0 Å². The van der Waals surface area contributed by atoms with Crippen molar-refractivity contribution < 1.29 is 18.3 Å². The molecule has 3 rings (SSSR count). The number of aryl methyl sites for hydroxylation is 1. The molecule has 28 heavy (non-hydrogen) atoms. The minimum Gasteiger partial charge on any atom is -0.385 e. The van der Waals surface area contributed by atoms with Crippen LogP contribution in [0.5, 0.6) is 0 Å². The topological polar surface area (TPSA) is 35.5 Å². The van der Waals surface area contributed by atoms with Gasteiger partial charge in [0.15, 0.2) is 5.11 Å². The second kappa shape index (κ2) is 7.72. The maximum absolute atomic E-state index is 13.0. The van der Waals surface area contributed by atoms with Gasteiger partial charge in [-0.05, 0) is 73.8 Å². The van der Waals surface area contributed by atoms with Crippen LogP contribution in [0.15, 0.2) is 42.5 Å². The number of benzene rings is 2. The number of nitrogens with zero attached hydrogens (tertiary/aromatic N) is 1.